The van der Waals surface area contributed by atoms with Crippen molar-refractivity contribution in [3.05, 3.63) is 60.4 Å². The molecule has 150 valence electrons. The van der Waals surface area contributed by atoms with Gasteiger partial charge in [0.05, 0.1) is 17.8 Å². The largest absolute Gasteiger partial charge is 0.480 e. The molecule has 1 fully saturated rings. The number of amides is 1. The number of fused-ring (bicyclic) bond motifs is 1. The zero-order valence-corrected chi connectivity index (χ0v) is 16.2. The molecule has 1 saturated heterocycles. The fraction of sp³-hybridized carbons (Fsp3) is 0.318. The Hall–Kier alpha value is -3.35. The summed E-state index contributed by atoms with van der Waals surface area (Å²) < 4.78 is 7.71. The van der Waals surface area contributed by atoms with E-state index in [0.717, 1.165) is 23.6 Å². The first kappa shape index (κ1) is 19.0. The molecule has 3 aromatic rings. The molecule has 0 saturated carbocycles. The van der Waals surface area contributed by atoms with Gasteiger partial charge in [0.2, 0.25) is 0 Å². The van der Waals surface area contributed by atoms with Gasteiger partial charge in [-0.05, 0) is 31.2 Å². The predicted molar refractivity (Wildman–Crippen MR) is 108 cm³/mol. The molecule has 29 heavy (non-hydrogen) atoms. The Morgan fingerprint density at radius 3 is 2.59 bits per heavy atom. The molecule has 7 nitrogen and oxygen atoms in total. The summed E-state index contributed by atoms with van der Waals surface area (Å²) in [6.07, 6.45) is 3.79. The van der Waals surface area contributed by atoms with Crippen LogP contribution in [-0.4, -0.2) is 50.9 Å². The summed E-state index contributed by atoms with van der Waals surface area (Å²) in [6, 6.07) is 13.9. The van der Waals surface area contributed by atoms with Gasteiger partial charge in [-0.15, -0.1) is 0 Å². The highest BCUT2D eigenvalue weighted by molar-refractivity contribution is 5.89. The lowest BCUT2D eigenvalue weighted by Gasteiger charge is -2.33. The molecule has 0 spiro atoms. The monoisotopic (exact) mass is 393 g/mol. The summed E-state index contributed by atoms with van der Waals surface area (Å²) in [5, 5.41) is 15.3. The summed E-state index contributed by atoms with van der Waals surface area (Å²) in [6.45, 7) is 2.97. The van der Waals surface area contributed by atoms with Crippen molar-refractivity contribution in [2.45, 2.75) is 31.9 Å². The van der Waals surface area contributed by atoms with Crippen molar-refractivity contribution >= 4 is 22.6 Å². The molecule has 0 radical (unpaired) electrons. The Morgan fingerprint density at radius 2 is 1.86 bits per heavy atom. The molecular formula is C22H23N3O4. The number of carboxylic acids is 1. The van der Waals surface area contributed by atoms with Crippen LogP contribution < -0.4 is 4.74 Å². The predicted octanol–water partition coefficient (Wildman–Crippen LogP) is 3.37. The second kappa shape index (κ2) is 7.95. The Kier molecular flexibility index (Phi) is 5.20. The second-order valence-corrected chi connectivity index (χ2v) is 7.31. The van der Waals surface area contributed by atoms with Crippen LogP contribution in [0.1, 0.15) is 36.2 Å². The molecule has 1 aliphatic rings. The number of ether oxygens (including phenoxy) is 1. The maximum absolute atomic E-state index is 12.9. The number of aromatic carboxylic acids is 1. The first-order chi connectivity index (χ1) is 14.0. The number of piperidine rings is 1. The number of benzene rings is 2. The Morgan fingerprint density at radius 1 is 1.14 bits per heavy atom. The van der Waals surface area contributed by atoms with E-state index >= 15 is 0 Å². The van der Waals surface area contributed by atoms with Crippen molar-refractivity contribution in [2.75, 3.05) is 13.1 Å². The molecule has 2 aromatic carbocycles. The Balaban J connectivity index is 1.38. The molecule has 0 aliphatic carbocycles. The number of likely N-dealkylation sites (tertiary alicyclic amines) is 1. The number of rotatable bonds is 5. The number of aromatic nitrogens is 2. The van der Waals surface area contributed by atoms with Crippen LogP contribution in [0.25, 0.3) is 10.8 Å². The van der Waals surface area contributed by atoms with Crippen LogP contribution in [0.15, 0.2) is 54.9 Å². The number of carbonyl (C=O) groups is 2. The third-order valence-corrected chi connectivity index (χ3v) is 5.40. The average Bonchev–Trinajstić information content (AvgIpc) is 3.24. The molecular weight excluding hydrogens is 370 g/mol. The van der Waals surface area contributed by atoms with Crippen molar-refractivity contribution in [1.82, 2.24) is 14.7 Å². The zero-order valence-electron chi connectivity index (χ0n) is 16.2. The smallest absolute Gasteiger partial charge is 0.338 e. The van der Waals surface area contributed by atoms with Crippen LogP contribution in [-0.2, 0) is 4.79 Å². The van der Waals surface area contributed by atoms with Crippen LogP contribution in [0.3, 0.4) is 0 Å². The van der Waals surface area contributed by atoms with Gasteiger partial charge in [0.25, 0.3) is 5.91 Å². The van der Waals surface area contributed by atoms with E-state index in [0.29, 0.717) is 18.8 Å². The minimum Gasteiger partial charge on any atom is -0.480 e. The highest BCUT2D eigenvalue weighted by Gasteiger charge is 2.28. The van der Waals surface area contributed by atoms with E-state index in [4.69, 9.17) is 9.84 Å². The molecule has 1 aliphatic heterocycles. The van der Waals surface area contributed by atoms with Gasteiger partial charge >= 0.3 is 5.97 Å². The van der Waals surface area contributed by atoms with Crippen LogP contribution in [0.2, 0.25) is 0 Å². The minimum absolute atomic E-state index is 0.0388. The van der Waals surface area contributed by atoms with Crippen LogP contribution in [0, 0.1) is 0 Å². The molecule has 1 unspecified atom stereocenters. The fourth-order valence-corrected chi connectivity index (χ4v) is 3.80. The van der Waals surface area contributed by atoms with Crippen molar-refractivity contribution in [3.63, 3.8) is 0 Å². The van der Waals surface area contributed by atoms with E-state index < -0.39 is 12.1 Å². The van der Waals surface area contributed by atoms with Crippen LogP contribution in [0.4, 0.5) is 0 Å². The number of hydrogen-bond acceptors (Lipinski definition) is 4. The maximum atomic E-state index is 12.9. The maximum Gasteiger partial charge on any atom is 0.338 e. The third-order valence-electron chi connectivity index (χ3n) is 5.40. The number of carboxylic acid groups (broad SMARTS) is 1. The van der Waals surface area contributed by atoms with Gasteiger partial charge in [-0.1, -0.05) is 36.4 Å². The number of carbonyl (C=O) groups excluding carboxylic acids is 1. The van der Waals surface area contributed by atoms with E-state index in [1.807, 2.05) is 47.4 Å². The van der Waals surface area contributed by atoms with E-state index in [1.54, 1.807) is 17.8 Å². The van der Waals surface area contributed by atoms with Gasteiger partial charge in [0.1, 0.15) is 5.75 Å². The number of nitrogens with zero attached hydrogens (tertiary/aromatic N) is 3. The Bertz CT molecular complexity index is 1030. The lowest BCUT2D eigenvalue weighted by Crippen LogP contribution is -2.45. The van der Waals surface area contributed by atoms with Gasteiger partial charge in [0.15, 0.2) is 6.10 Å². The van der Waals surface area contributed by atoms with Gasteiger partial charge in [0, 0.05) is 24.7 Å². The van der Waals surface area contributed by atoms with Gasteiger partial charge in [-0.25, -0.2) is 4.79 Å². The average molecular weight is 393 g/mol. The van der Waals surface area contributed by atoms with Gasteiger partial charge in [-0.3, -0.25) is 9.48 Å². The standard InChI is InChI=1S/C22H23N3O4/c1-15(29-20-8-4-6-16-5-2-3-7-19(16)20)21(26)24-11-9-18(10-12-24)25-14-17(13-23-25)22(27)28/h2-8,13-15,18H,9-12H2,1H3,(H,27,28). The molecule has 1 N–H and O–H groups in total. The van der Waals surface area contributed by atoms with E-state index in [9.17, 15) is 9.59 Å². The van der Waals surface area contributed by atoms with Gasteiger partial charge < -0.3 is 14.7 Å². The lowest BCUT2D eigenvalue weighted by molar-refractivity contribution is -0.139. The van der Waals surface area contributed by atoms with E-state index in [1.165, 1.54) is 6.20 Å². The van der Waals surface area contributed by atoms with E-state index in [2.05, 4.69) is 5.10 Å². The van der Waals surface area contributed by atoms with Crippen LogP contribution >= 0.6 is 0 Å². The van der Waals surface area contributed by atoms with E-state index in [-0.39, 0.29) is 17.5 Å². The summed E-state index contributed by atoms with van der Waals surface area (Å²) in [5.74, 6) is -0.317. The quantitative estimate of drug-likeness (QED) is 0.718. The van der Waals surface area contributed by atoms with Crippen LogP contribution in [0.5, 0.6) is 5.75 Å². The second-order valence-electron chi connectivity index (χ2n) is 7.31. The number of hydrogen-bond donors (Lipinski definition) is 1. The Labute approximate surface area is 168 Å². The SMILES string of the molecule is CC(Oc1cccc2ccccc12)C(=O)N1CCC(n2cc(C(=O)O)cn2)CC1. The summed E-state index contributed by atoms with van der Waals surface area (Å²) in [4.78, 5) is 25.7. The highest BCUT2D eigenvalue weighted by atomic mass is 16.5. The molecule has 2 heterocycles. The topological polar surface area (TPSA) is 84.7 Å². The summed E-state index contributed by atoms with van der Waals surface area (Å²) >= 11 is 0. The minimum atomic E-state index is -0.983. The molecule has 0 bridgehead atoms. The van der Waals surface area contributed by atoms with Crippen molar-refractivity contribution < 1.29 is 19.4 Å². The van der Waals surface area contributed by atoms with Gasteiger partial charge in [-0.2, -0.15) is 5.10 Å². The normalized spacial score (nSPS) is 16.0. The van der Waals surface area contributed by atoms with Crippen molar-refractivity contribution in [3.8, 4) is 5.75 Å². The summed E-state index contributed by atoms with van der Waals surface area (Å²) in [5.41, 5.74) is 0.181. The third kappa shape index (κ3) is 3.94. The molecule has 4 rings (SSSR count). The first-order valence-corrected chi connectivity index (χ1v) is 9.73. The van der Waals surface area contributed by atoms with Crippen molar-refractivity contribution in [2.24, 2.45) is 0 Å². The molecule has 1 atom stereocenters. The lowest BCUT2D eigenvalue weighted by atomic mass is 10.0. The summed E-state index contributed by atoms with van der Waals surface area (Å²) in [7, 11) is 0. The highest BCUT2D eigenvalue weighted by Crippen LogP contribution is 2.27. The molecule has 1 aromatic heterocycles. The zero-order chi connectivity index (χ0) is 20.4. The fourth-order valence-electron chi connectivity index (χ4n) is 3.80. The molecule has 7 heteroatoms. The molecule has 1 amide bonds. The van der Waals surface area contributed by atoms with Crippen molar-refractivity contribution in [1.29, 1.82) is 0 Å². The first-order valence-electron chi connectivity index (χ1n) is 9.73.